The first kappa shape index (κ1) is 27.9. The number of hydrogen-bond donors (Lipinski definition) is 1. The number of aromatic nitrogens is 2. The molecule has 12 nitrogen and oxygen atoms in total. The standard InChI is InChI=1S/C30H39N9O3/c1-29(2,3)42-28(41)38-19-30(20-38)17-37(18-30)22-9-7-21(8-10-22)33-26-24(14-31)32-15-25(34-26)36-11-5-6-23(16-36)39-13-12-35(4)27(39)40/h7-10,15,23H,5-6,11-13,16-20H2,1-4H3,(H,33,34)/t23-/m1/s1. The van der Waals surface area contributed by atoms with Crippen LogP contribution in [0.3, 0.4) is 0 Å². The molecule has 0 radical (unpaired) electrons. The highest BCUT2D eigenvalue weighted by molar-refractivity contribution is 5.76. The van der Waals surface area contributed by atoms with E-state index in [1.54, 1.807) is 16.0 Å². The number of anilines is 4. The Kier molecular flexibility index (Phi) is 6.99. The van der Waals surface area contributed by atoms with Crippen molar-refractivity contribution >= 4 is 35.1 Å². The molecule has 1 atom stereocenters. The number of carbonyl (C=O) groups excluding carboxylic acids is 2. The van der Waals surface area contributed by atoms with Crippen LogP contribution in [0, 0.1) is 16.7 Å². The molecule has 4 aliphatic heterocycles. The molecule has 0 aliphatic carbocycles. The number of nitriles is 1. The molecule has 3 amide bonds. The van der Waals surface area contributed by atoms with Crippen molar-refractivity contribution < 1.29 is 14.3 Å². The predicted octanol–water partition coefficient (Wildman–Crippen LogP) is 3.49. The molecule has 4 saturated heterocycles. The van der Waals surface area contributed by atoms with Crippen LogP contribution in [0.5, 0.6) is 0 Å². The largest absolute Gasteiger partial charge is 0.444 e. The summed E-state index contributed by atoms with van der Waals surface area (Å²) in [7, 11) is 1.84. The molecule has 0 saturated carbocycles. The molecule has 222 valence electrons. The van der Waals surface area contributed by atoms with Gasteiger partial charge in [0.1, 0.15) is 17.5 Å². The van der Waals surface area contributed by atoms with Crippen molar-refractivity contribution in [2.75, 3.05) is 74.5 Å². The number of nitrogens with zero attached hydrogens (tertiary/aromatic N) is 8. The number of rotatable bonds is 5. The molecule has 42 heavy (non-hydrogen) atoms. The van der Waals surface area contributed by atoms with Crippen LogP contribution in [0.15, 0.2) is 30.5 Å². The lowest BCUT2D eigenvalue weighted by Crippen LogP contribution is -2.73. The third kappa shape index (κ3) is 5.47. The fraction of sp³-hybridized carbons (Fsp3) is 0.567. The van der Waals surface area contributed by atoms with E-state index in [-0.39, 0.29) is 29.3 Å². The summed E-state index contributed by atoms with van der Waals surface area (Å²) in [5, 5.41) is 13.0. The second-order valence-corrected chi connectivity index (χ2v) is 13.0. The summed E-state index contributed by atoms with van der Waals surface area (Å²) in [6.07, 6.45) is 3.34. The van der Waals surface area contributed by atoms with Crippen molar-refractivity contribution in [1.29, 1.82) is 5.26 Å². The van der Waals surface area contributed by atoms with Gasteiger partial charge < -0.3 is 34.6 Å². The Morgan fingerprint density at radius 3 is 2.48 bits per heavy atom. The van der Waals surface area contributed by atoms with Crippen LogP contribution < -0.4 is 15.1 Å². The molecule has 1 spiro atoms. The van der Waals surface area contributed by atoms with Crippen LogP contribution >= 0.6 is 0 Å². The SMILES string of the molecule is CN1CCN([C@@H]2CCCN(c3cnc(C#N)c(Nc4ccc(N5CC6(CN(C(=O)OC(C)(C)C)C6)C5)cc4)n3)C2)C1=O. The molecule has 6 rings (SSSR count). The number of benzene rings is 1. The molecule has 2 aromatic rings. The van der Waals surface area contributed by atoms with Gasteiger partial charge in [-0.25, -0.2) is 19.6 Å². The summed E-state index contributed by atoms with van der Waals surface area (Å²) < 4.78 is 5.49. The number of carbonyl (C=O) groups is 2. The third-order valence-electron chi connectivity index (χ3n) is 8.53. The molecule has 1 aromatic carbocycles. The maximum Gasteiger partial charge on any atom is 0.410 e. The Morgan fingerprint density at radius 1 is 1.10 bits per heavy atom. The lowest BCUT2D eigenvalue weighted by molar-refractivity contribution is -0.0453. The number of urea groups is 1. The zero-order chi connectivity index (χ0) is 29.6. The van der Waals surface area contributed by atoms with E-state index in [9.17, 15) is 14.9 Å². The highest BCUT2D eigenvalue weighted by atomic mass is 16.6. The predicted molar refractivity (Wildman–Crippen MR) is 159 cm³/mol. The van der Waals surface area contributed by atoms with Crippen LogP contribution in [0.25, 0.3) is 0 Å². The van der Waals surface area contributed by atoms with Crippen molar-refractivity contribution in [3.05, 3.63) is 36.2 Å². The Bertz CT molecular complexity index is 1390. The fourth-order valence-corrected chi connectivity index (χ4v) is 6.38. The molecular formula is C30H39N9O3. The number of hydrogen-bond acceptors (Lipinski definition) is 9. The first-order valence-electron chi connectivity index (χ1n) is 14.7. The van der Waals surface area contributed by atoms with Gasteiger partial charge in [-0.3, -0.25) is 0 Å². The smallest absolute Gasteiger partial charge is 0.410 e. The van der Waals surface area contributed by atoms with Crippen molar-refractivity contribution in [3.63, 3.8) is 0 Å². The normalized spacial score (nSPS) is 21.6. The zero-order valence-corrected chi connectivity index (χ0v) is 24.8. The summed E-state index contributed by atoms with van der Waals surface area (Å²) in [5.41, 5.74) is 1.84. The Balaban J connectivity index is 1.06. The van der Waals surface area contributed by atoms with Gasteiger partial charge in [0.05, 0.1) is 12.2 Å². The lowest BCUT2D eigenvalue weighted by atomic mass is 9.73. The van der Waals surface area contributed by atoms with E-state index in [1.165, 1.54) is 0 Å². The van der Waals surface area contributed by atoms with E-state index in [1.807, 2.05) is 44.9 Å². The van der Waals surface area contributed by atoms with Gasteiger partial charge in [0, 0.05) is 76.2 Å². The number of piperidine rings is 1. The van der Waals surface area contributed by atoms with Crippen LogP contribution in [-0.4, -0.2) is 108 Å². The highest BCUT2D eigenvalue weighted by Gasteiger charge is 2.54. The average molecular weight is 574 g/mol. The van der Waals surface area contributed by atoms with Gasteiger partial charge >= 0.3 is 12.1 Å². The molecule has 1 N–H and O–H groups in total. The summed E-state index contributed by atoms with van der Waals surface area (Å²) in [6.45, 7) is 12.0. The van der Waals surface area contributed by atoms with Gasteiger partial charge in [-0.1, -0.05) is 0 Å². The second-order valence-electron chi connectivity index (χ2n) is 13.0. The second kappa shape index (κ2) is 10.5. The minimum Gasteiger partial charge on any atom is -0.444 e. The number of amides is 3. The number of likely N-dealkylation sites (N-methyl/N-ethyl adjacent to an activating group) is 1. The van der Waals surface area contributed by atoms with Gasteiger partial charge in [-0.15, -0.1) is 0 Å². The monoisotopic (exact) mass is 573 g/mol. The third-order valence-corrected chi connectivity index (χ3v) is 8.53. The van der Waals surface area contributed by atoms with Crippen molar-refractivity contribution in [1.82, 2.24) is 24.7 Å². The van der Waals surface area contributed by atoms with Crippen molar-refractivity contribution in [2.45, 2.75) is 45.3 Å². The van der Waals surface area contributed by atoms with E-state index in [0.29, 0.717) is 18.2 Å². The van der Waals surface area contributed by atoms with Crippen LogP contribution in [0.1, 0.15) is 39.3 Å². The summed E-state index contributed by atoms with van der Waals surface area (Å²) in [6, 6.07) is 10.4. The van der Waals surface area contributed by atoms with E-state index in [0.717, 1.165) is 70.0 Å². The minimum absolute atomic E-state index is 0.0856. The molecule has 5 heterocycles. The van der Waals surface area contributed by atoms with E-state index < -0.39 is 5.60 Å². The van der Waals surface area contributed by atoms with Gasteiger partial charge in [-0.2, -0.15) is 5.26 Å². The molecule has 12 heteroatoms. The first-order valence-corrected chi connectivity index (χ1v) is 14.7. The summed E-state index contributed by atoms with van der Waals surface area (Å²) in [4.78, 5) is 44.0. The first-order chi connectivity index (χ1) is 20.0. The van der Waals surface area contributed by atoms with E-state index in [4.69, 9.17) is 9.72 Å². The fourth-order valence-electron chi connectivity index (χ4n) is 6.38. The van der Waals surface area contributed by atoms with E-state index in [2.05, 4.69) is 38.3 Å². The number of nitrogens with one attached hydrogen (secondary N) is 1. The van der Waals surface area contributed by atoms with Gasteiger partial charge in [0.25, 0.3) is 0 Å². The maximum absolute atomic E-state index is 12.5. The average Bonchev–Trinajstić information content (AvgIpc) is 3.25. The molecule has 0 unspecified atom stereocenters. The van der Waals surface area contributed by atoms with Gasteiger partial charge in [0.2, 0.25) is 0 Å². The van der Waals surface area contributed by atoms with Crippen LogP contribution in [-0.2, 0) is 4.74 Å². The minimum atomic E-state index is -0.481. The quantitative estimate of drug-likeness (QED) is 0.573. The zero-order valence-electron chi connectivity index (χ0n) is 24.8. The molecule has 0 bridgehead atoms. The molecule has 1 aromatic heterocycles. The Hall–Kier alpha value is -4.27. The lowest BCUT2D eigenvalue weighted by Gasteiger charge is -2.60. The van der Waals surface area contributed by atoms with Gasteiger partial charge in [-0.05, 0) is 57.9 Å². The van der Waals surface area contributed by atoms with Crippen molar-refractivity contribution in [2.24, 2.45) is 5.41 Å². The van der Waals surface area contributed by atoms with Crippen LogP contribution in [0.2, 0.25) is 0 Å². The van der Waals surface area contributed by atoms with E-state index >= 15 is 0 Å². The topological polar surface area (TPSA) is 121 Å². The molecule has 4 fully saturated rings. The number of ether oxygens (including phenoxy) is 1. The summed E-state index contributed by atoms with van der Waals surface area (Å²) >= 11 is 0. The Labute approximate surface area is 246 Å². The molecule has 4 aliphatic rings. The highest BCUT2D eigenvalue weighted by Crippen LogP contribution is 2.42. The Morgan fingerprint density at radius 2 is 1.83 bits per heavy atom. The maximum atomic E-state index is 12.5. The molecular weight excluding hydrogens is 534 g/mol. The summed E-state index contributed by atoms with van der Waals surface area (Å²) in [5.74, 6) is 1.12. The van der Waals surface area contributed by atoms with Gasteiger partial charge in [0.15, 0.2) is 11.5 Å². The van der Waals surface area contributed by atoms with Crippen molar-refractivity contribution in [3.8, 4) is 6.07 Å². The number of likely N-dealkylation sites (tertiary alicyclic amines) is 1. The van der Waals surface area contributed by atoms with Crippen LogP contribution in [0.4, 0.5) is 32.6 Å².